The monoisotopic (exact) mass is 329 g/mol. The van der Waals surface area contributed by atoms with Gasteiger partial charge in [-0.1, -0.05) is 38.1 Å². The molecule has 5 heteroatoms. The number of ether oxygens (including phenoxy) is 2. The maximum absolute atomic E-state index is 11.6. The van der Waals surface area contributed by atoms with Crippen molar-refractivity contribution in [2.45, 2.75) is 19.3 Å². The third-order valence-electron chi connectivity index (χ3n) is 3.95. The normalized spacial score (nSPS) is 11.1. The van der Waals surface area contributed by atoms with Crippen LogP contribution in [0.3, 0.4) is 0 Å². The van der Waals surface area contributed by atoms with Crippen LogP contribution in [0.25, 0.3) is 0 Å². The minimum absolute atomic E-state index is 0.229. The zero-order valence-electron chi connectivity index (χ0n) is 14.2. The van der Waals surface area contributed by atoms with Gasteiger partial charge in [-0.05, 0) is 35.4 Å². The molecule has 128 valence electrons. The average Bonchev–Trinajstić information content (AvgIpc) is 2.56. The molecular formula is C19H23NO4. The number of hydrogen-bond donors (Lipinski definition) is 2. The number of aromatic hydroxyl groups is 1. The molecule has 2 aromatic carbocycles. The Morgan fingerprint density at radius 1 is 1.04 bits per heavy atom. The van der Waals surface area contributed by atoms with Crippen molar-refractivity contribution in [1.82, 2.24) is 5.32 Å². The zero-order chi connectivity index (χ0) is 17.6. The zero-order valence-corrected chi connectivity index (χ0v) is 14.2. The molecule has 0 aliphatic heterocycles. The smallest absolute Gasteiger partial charge is 0.412 e. The van der Waals surface area contributed by atoms with Gasteiger partial charge in [0.1, 0.15) is 11.5 Å². The van der Waals surface area contributed by atoms with Crippen molar-refractivity contribution < 1.29 is 19.4 Å². The third kappa shape index (κ3) is 4.49. The van der Waals surface area contributed by atoms with Crippen molar-refractivity contribution >= 4 is 6.09 Å². The highest BCUT2D eigenvalue weighted by atomic mass is 16.6. The lowest BCUT2D eigenvalue weighted by Gasteiger charge is -2.26. The molecule has 0 aromatic heterocycles. The topological polar surface area (TPSA) is 67.8 Å². The number of benzene rings is 2. The molecule has 2 aromatic rings. The molecule has 0 fully saturated rings. The van der Waals surface area contributed by atoms with Gasteiger partial charge in [0.25, 0.3) is 0 Å². The Labute approximate surface area is 142 Å². The van der Waals surface area contributed by atoms with Crippen LogP contribution >= 0.6 is 0 Å². The molecule has 5 nitrogen and oxygen atoms in total. The van der Waals surface area contributed by atoms with Crippen molar-refractivity contribution in [1.29, 1.82) is 0 Å². The number of carbonyl (C=O) groups excluding carboxylic acids is 1. The van der Waals surface area contributed by atoms with Gasteiger partial charge in [-0.3, -0.25) is 0 Å². The summed E-state index contributed by atoms with van der Waals surface area (Å²) < 4.78 is 10.1. The summed E-state index contributed by atoms with van der Waals surface area (Å²) in [4.78, 5) is 11.6. The summed E-state index contributed by atoms with van der Waals surface area (Å²) in [5, 5.41) is 12.0. The standard InChI is InChI=1S/C19H23NO4/c1-19(2,14-4-8-16(21)9-5-14)15-6-10-17(11-7-15)24-18(22)20-12-13-23-3/h4-11,21H,12-13H2,1-3H3,(H,20,22). The Kier molecular flexibility index (Phi) is 5.82. The average molecular weight is 329 g/mol. The van der Waals surface area contributed by atoms with Gasteiger partial charge >= 0.3 is 6.09 Å². The molecule has 0 aliphatic rings. The molecule has 0 heterocycles. The summed E-state index contributed by atoms with van der Waals surface area (Å²) in [6.07, 6.45) is -0.502. The molecule has 0 radical (unpaired) electrons. The first-order chi connectivity index (χ1) is 11.4. The van der Waals surface area contributed by atoms with Gasteiger partial charge in [-0.25, -0.2) is 4.79 Å². The van der Waals surface area contributed by atoms with Crippen molar-refractivity contribution in [3.63, 3.8) is 0 Å². The van der Waals surface area contributed by atoms with Gasteiger partial charge in [-0.2, -0.15) is 0 Å². The maximum atomic E-state index is 11.6. The molecule has 1 amide bonds. The minimum Gasteiger partial charge on any atom is -0.508 e. The molecule has 0 bridgehead atoms. The van der Waals surface area contributed by atoms with E-state index in [9.17, 15) is 9.90 Å². The SMILES string of the molecule is COCCNC(=O)Oc1ccc(C(C)(C)c2ccc(O)cc2)cc1. The lowest BCUT2D eigenvalue weighted by atomic mass is 9.78. The highest BCUT2D eigenvalue weighted by molar-refractivity contribution is 5.70. The number of phenolic OH excluding ortho intramolecular Hbond substituents is 1. The van der Waals surface area contributed by atoms with E-state index >= 15 is 0 Å². The Morgan fingerprint density at radius 3 is 2.12 bits per heavy atom. The highest BCUT2D eigenvalue weighted by Crippen LogP contribution is 2.33. The molecule has 0 unspecified atom stereocenters. The lowest BCUT2D eigenvalue weighted by Crippen LogP contribution is -2.29. The Morgan fingerprint density at radius 2 is 1.58 bits per heavy atom. The Balaban J connectivity index is 2.05. The number of rotatable bonds is 6. The van der Waals surface area contributed by atoms with E-state index in [4.69, 9.17) is 9.47 Å². The van der Waals surface area contributed by atoms with Crippen molar-refractivity contribution in [2.24, 2.45) is 0 Å². The second kappa shape index (κ2) is 7.84. The first kappa shape index (κ1) is 17.8. The molecule has 0 atom stereocenters. The van der Waals surface area contributed by atoms with Crippen molar-refractivity contribution in [3.05, 3.63) is 59.7 Å². The number of nitrogens with one attached hydrogen (secondary N) is 1. The van der Waals surface area contributed by atoms with Gasteiger partial charge in [0, 0.05) is 19.1 Å². The molecular weight excluding hydrogens is 306 g/mol. The van der Waals surface area contributed by atoms with Gasteiger partial charge in [-0.15, -0.1) is 0 Å². The fourth-order valence-corrected chi connectivity index (χ4v) is 2.38. The molecule has 0 spiro atoms. The van der Waals surface area contributed by atoms with E-state index in [1.165, 1.54) is 0 Å². The van der Waals surface area contributed by atoms with Crippen LogP contribution in [0, 0.1) is 0 Å². The van der Waals surface area contributed by atoms with Crippen LogP contribution < -0.4 is 10.1 Å². The summed E-state index contributed by atoms with van der Waals surface area (Å²) in [5.41, 5.74) is 1.94. The van der Waals surface area contributed by atoms with E-state index < -0.39 is 6.09 Å². The summed E-state index contributed by atoms with van der Waals surface area (Å²) in [6, 6.07) is 14.6. The molecule has 0 saturated carbocycles. The number of hydrogen-bond acceptors (Lipinski definition) is 4. The maximum Gasteiger partial charge on any atom is 0.412 e. The summed E-state index contributed by atoms with van der Waals surface area (Å²) >= 11 is 0. The van der Waals surface area contributed by atoms with E-state index in [2.05, 4.69) is 19.2 Å². The number of phenols is 1. The second-order valence-corrected chi connectivity index (χ2v) is 6.01. The molecule has 0 aliphatic carbocycles. The van der Waals surface area contributed by atoms with E-state index in [-0.39, 0.29) is 11.2 Å². The van der Waals surface area contributed by atoms with Gasteiger partial charge in [0.15, 0.2) is 0 Å². The van der Waals surface area contributed by atoms with Crippen LogP contribution in [0.5, 0.6) is 11.5 Å². The van der Waals surface area contributed by atoms with Crippen molar-refractivity contribution in [2.75, 3.05) is 20.3 Å². The van der Waals surface area contributed by atoms with Gasteiger partial charge in [0.2, 0.25) is 0 Å². The predicted molar refractivity (Wildman–Crippen MR) is 92.6 cm³/mol. The highest BCUT2D eigenvalue weighted by Gasteiger charge is 2.23. The van der Waals surface area contributed by atoms with Crippen LogP contribution in [0.1, 0.15) is 25.0 Å². The van der Waals surface area contributed by atoms with Crippen LogP contribution in [-0.2, 0) is 10.2 Å². The largest absolute Gasteiger partial charge is 0.508 e. The van der Waals surface area contributed by atoms with Crippen LogP contribution in [0.2, 0.25) is 0 Å². The summed E-state index contributed by atoms with van der Waals surface area (Å²) in [6.45, 7) is 5.05. The molecule has 24 heavy (non-hydrogen) atoms. The third-order valence-corrected chi connectivity index (χ3v) is 3.95. The van der Waals surface area contributed by atoms with Crippen LogP contribution in [0.4, 0.5) is 4.79 Å². The fraction of sp³-hybridized carbons (Fsp3) is 0.316. The van der Waals surface area contributed by atoms with Gasteiger partial charge in [0.05, 0.1) is 6.61 Å². The minimum atomic E-state index is -0.502. The lowest BCUT2D eigenvalue weighted by molar-refractivity contribution is 0.180. The van der Waals surface area contributed by atoms with Gasteiger partial charge < -0.3 is 19.9 Å². The second-order valence-electron chi connectivity index (χ2n) is 6.01. The van der Waals surface area contributed by atoms with E-state index in [0.717, 1.165) is 11.1 Å². The first-order valence-corrected chi connectivity index (χ1v) is 7.78. The molecule has 0 saturated heterocycles. The Bertz CT molecular complexity index is 663. The van der Waals surface area contributed by atoms with Crippen LogP contribution in [0.15, 0.2) is 48.5 Å². The summed E-state index contributed by atoms with van der Waals surface area (Å²) in [5.74, 6) is 0.730. The Hall–Kier alpha value is -2.53. The molecule has 2 N–H and O–H groups in total. The van der Waals surface area contributed by atoms with E-state index in [1.54, 1.807) is 31.4 Å². The summed E-state index contributed by atoms with van der Waals surface area (Å²) in [7, 11) is 1.57. The quantitative estimate of drug-likeness (QED) is 0.797. The van der Waals surface area contributed by atoms with Crippen LogP contribution in [-0.4, -0.2) is 31.5 Å². The fourth-order valence-electron chi connectivity index (χ4n) is 2.38. The molecule has 2 rings (SSSR count). The van der Waals surface area contributed by atoms with E-state index in [0.29, 0.717) is 18.9 Å². The number of amides is 1. The number of carbonyl (C=O) groups is 1. The van der Waals surface area contributed by atoms with E-state index in [1.807, 2.05) is 24.3 Å². The first-order valence-electron chi connectivity index (χ1n) is 7.78. The number of methoxy groups -OCH3 is 1. The predicted octanol–water partition coefficient (Wildman–Crippen LogP) is 3.45. The van der Waals surface area contributed by atoms with Crippen molar-refractivity contribution in [3.8, 4) is 11.5 Å².